The smallest absolute Gasteiger partial charge is 0.326 e. The summed E-state index contributed by atoms with van der Waals surface area (Å²) in [6.45, 7) is 4.12. The molecule has 0 aliphatic carbocycles. The van der Waals surface area contributed by atoms with Crippen molar-refractivity contribution >= 4 is 17.4 Å². The fourth-order valence-corrected chi connectivity index (χ4v) is 4.35. The first-order valence-corrected chi connectivity index (χ1v) is 11.3. The van der Waals surface area contributed by atoms with E-state index in [9.17, 15) is 18.0 Å². The molecular weight excluding hydrogens is 461 g/mol. The molecule has 4 heterocycles. The first-order valence-electron chi connectivity index (χ1n) is 11.3. The van der Waals surface area contributed by atoms with Crippen LogP contribution in [0.25, 0.3) is 17.2 Å². The van der Waals surface area contributed by atoms with Crippen molar-refractivity contribution in [3.8, 4) is 11.4 Å². The minimum absolute atomic E-state index is 0.0682. The molecule has 1 N–H and O–H groups in total. The number of nitrogens with one attached hydrogen (secondary N) is 1. The van der Waals surface area contributed by atoms with Crippen LogP contribution in [0.1, 0.15) is 47.9 Å². The molecule has 1 aliphatic rings. The molecule has 0 unspecified atom stereocenters. The Kier molecular flexibility index (Phi) is 5.73. The fraction of sp³-hybridized carbons (Fsp3) is 0.391. The number of hydrogen-bond acceptors (Lipinski definition) is 6. The van der Waals surface area contributed by atoms with E-state index in [2.05, 4.69) is 35.1 Å². The van der Waals surface area contributed by atoms with E-state index in [4.69, 9.17) is 0 Å². The second-order valence-corrected chi connectivity index (χ2v) is 8.61. The van der Waals surface area contributed by atoms with Gasteiger partial charge in [0.05, 0.1) is 6.42 Å². The molecule has 1 aromatic carbocycles. The van der Waals surface area contributed by atoms with Crippen LogP contribution in [-0.2, 0) is 30.4 Å². The lowest BCUT2D eigenvalue weighted by molar-refractivity contribution is -0.144. The third-order valence-corrected chi connectivity index (χ3v) is 6.18. The number of nitrogens with zero attached hydrogens (tertiary/aromatic N) is 7. The number of halogens is 3. The van der Waals surface area contributed by atoms with Crippen LogP contribution in [-0.4, -0.2) is 40.3 Å². The Morgan fingerprint density at radius 1 is 1.06 bits per heavy atom. The molecule has 182 valence electrons. The van der Waals surface area contributed by atoms with E-state index < -0.39 is 12.0 Å². The predicted molar refractivity (Wildman–Crippen MR) is 121 cm³/mol. The summed E-state index contributed by atoms with van der Waals surface area (Å²) >= 11 is 0. The Morgan fingerprint density at radius 2 is 1.83 bits per heavy atom. The molecule has 12 heteroatoms. The molecule has 3 aromatic heterocycles. The normalized spacial score (nSPS) is 14.1. The van der Waals surface area contributed by atoms with Crippen LogP contribution in [0.4, 0.5) is 18.9 Å². The SMILES string of the molecule is Cc1nc2nc(C(F)(F)F)nn2c(C)c1CC(=O)Nc1ccc(-c2nnc3n2CCCCC3)cc1. The molecule has 1 aliphatic heterocycles. The molecule has 0 saturated carbocycles. The Hall–Kier alpha value is -3.83. The lowest BCUT2D eigenvalue weighted by atomic mass is 10.1. The molecule has 0 radical (unpaired) electrons. The molecule has 0 saturated heterocycles. The van der Waals surface area contributed by atoms with Crippen molar-refractivity contribution in [1.82, 2.24) is 34.3 Å². The molecule has 0 fully saturated rings. The average Bonchev–Trinajstić information content (AvgIpc) is 3.35. The van der Waals surface area contributed by atoms with E-state index in [-0.39, 0.29) is 18.1 Å². The van der Waals surface area contributed by atoms with Gasteiger partial charge >= 0.3 is 6.18 Å². The van der Waals surface area contributed by atoms with Crippen LogP contribution >= 0.6 is 0 Å². The molecule has 4 aromatic rings. The first-order chi connectivity index (χ1) is 16.7. The van der Waals surface area contributed by atoms with Gasteiger partial charge in [-0.15, -0.1) is 15.3 Å². The lowest BCUT2D eigenvalue weighted by Gasteiger charge is -2.11. The first kappa shape index (κ1) is 22.9. The minimum atomic E-state index is -4.68. The van der Waals surface area contributed by atoms with Crippen molar-refractivity contribution in [2.75, 3.05) is 5.32 Å². The number of alkyl halides is 3. The molecule has 1 amide bonds. The van der Waals surface area contributed by atoms with E-state index in [0.717, 1.165) is 47.5 Å². The maximum Gasteiger partial charge on any atom is 0.453 e. The van der Waals surface area contributed by atoms with Crippen molar-refractivity contribution in [3.05, 3.63) is 52.9 Å². The summed E-state index contributed by atoms with van der Waals surface area (Å²) < 4.78 is 42.2. The summed E-state index contributed by atoms with van der Waals surface area (Å²) in [6, 6.07) is 7.35. The Morgan fingerprint density at radius 3 is 2.57 bits per heavy atom. The standard InChI is InChI=1S/C23H23F3N8O/c1-13-17(14(2)34-22(27-13)29-21(32-34)23(24,25)26)12-19(35)28-16-9-7-15(8-10-16)20-31-30-18-6-4-3-5-11-33(18)20/h7-10H,3-6,11-12H2,1-2H3,(H,28,35). The topological polar surface area (TPSA) is 103 Å². The summed E-state index contributed by atoms with van der Waals surface area (Å²) in [4.78, 5) is 20.3. The number of rotatable bonds is 4. The maximum atomic E-state index is 13.0. The van der Waals surface area contributed by atoms with Gasteiger partial charge in [-0.3, -0.25) is 4.79 Å². The molecular formula is C23H23F3N8O. The number of aromatic nitrogens is 7. The average molecular weight is 484 g/mol. The van der Waals surface area contributed by atoms with Gasteiger partial charge in [0.1, 0.15) is 5.82 Å². The molecule has 5 rings (SSSR count). The van der Waals surface area contributed by atoms with Gasteiger partial charge in [0.15, 0.2) is 5.82 Å². The van der Waals surface area contributed by atoms with Gasteiger partial charge in [-0.25, -0.2) is 9.50 Å². The van der Waals surface area contributed by atoms with Crippen molar-refractivity contribution in [3.63, 3.8) is 0 Å². The van der Waals surface area contributed by atoms with Gasteiger partial charge in [-0.2, -0.15) is 18.2 Å². The number of anilines is 1. The zero-order valence-electron chi connectivity index (χ0n) is 19.2. The van der Waals surface area contributed by atoms with Crippen molar-refractivity contribution in [1.29, 1.82) is 0 Å². The van der Waals surface area contributed by atoms with E-state index in [0.29, 0.717) is 22.6 Å². The largest absolute Gasteiger partial charge is 0.453 e. The molecule has 35 heavy (non-hydrogen) atoms. The van der Waals surface area contributed by atoms with Crippen molar-refractivity contribution < 1.29 is 18.0 Å². The lowest BCUT2D eigenvalue weighted by Crippen LogP contribution is -2.17. The quantitative estimate of drug-likeness (QED) is 0.471. The number of amides is 1. The number of fused-ring (bicyclic) bond motifs is 2. The highest BCUT2D eigenvalue weighted by Gasteiger charge is 2.37. The number of benzene rings is 1. The summed E-state index contributed by atoms with van der Waals surface area (Å²) in [5.74, 6) is 0.0761. The number of aryl methyl sites for hydroxylation is 3. The van der Waals surface area contributed by atoms with Crippen LogP contribution in [0, 0.1) is 13.8 Å². The van der Waals surface area contributed by atoms with Gasteiger partial charge in [0.2, 0.25) is 5.91 Å². The Labute approximate surface area is 198 Å². The van der Waals surface area contributed by atoms with Crippen LogP contribution in [0.15, 0.2) is 24.3 Å². The van der Waals surface area contributed by atoms with Gasteiger partial charge in [-0.1, -0.05) is 6.42 Å². The second kappa shape index (κ2) is 8.75. The van der Waals surface area contributed by atoms with Gasteiger partial charge in [-0.05, 0) is 51.0 Å². The van der Waals surface area contributed by atoms with E-state index in [1.54, 1.807) is 26.0 Å². The number of hydrogen-bond donors (Lipinski definition) is 1. The summed E-state index contributed by atoms with van der Waals surface area (Å²) in [6.07, 6.45) is -0.436. The third kappa shape index (κ3) is 4.47. The summed E-state index contributed by atoms with van der Waals surface area (Å²) in [5.41, 5.74) is 2.81. The molecule has 0 spiro atoms. The molecule has 0 bridgehead atoms. The number of carbonyl (C=O) groups excluding carboxylic acids is 1. The van der Waals surface area contributed by atoms with Gasteiger partial charge in [0.25, 0.3) is 11.6 Å². The van der Waals surface area contributed by atoms with Crippen LogP contribution < -0.4 is 5.32 Å². The highest BCUT2D eigenvalue weighted by Crippen LogP contribution is 2.27. The zero-order valence-corrected chi connectivity index (χ0v) is 19.2. The van der Waals surface area contributed by atoms with E-state index in [1.165, 1.54) is 6.42 Å². The van der Waals surface area contributed by atoms with Crippen LogP contribution in [0.3, 0.4) is 0 Å². The summed E-state index contributed by atoms with van der Waals surface area (Å²) in [7, 11) is 0. The van der Waals surface area contributed by atoms with Gasteiger partial charge in [0, 0.05) is 41.2 Å². The van der Waals surface area contributed by atoms with Crippen LogP contribution in [0.5, 0.6) is 0 Å². The van der Waals surface area contributed by atoms with Crippen LogP contribution in [0.2, 0.25) is 0 Å². The minimum Gasteiger partial charge on any atom is -0.326 e. The Balaban J connectivity index is 1.32. The van der Waals surface area contributed by atoms with E-state index in [1.807, 2.05) is 12.1 Å². The van der Waals surface area contributed by atoms with E-state index >= 15 is 0 Å². The predicted octanol–water partition coefficient (Wildman–Crippen LogP) is 3.93. The van der Waals surface area contributed by atoms with Crippen molar-refractivity contribution in [2.24, 2.45) is 0 Å². The number of carbonyl (C=O) groups is 1. The van der Waals surface area contributed by atoms with Crippen molar-refractivity contribution in [2.45, 2.75) is 58.7 Å². The maximum absolute atomic E-state index is 13.0. The summed E-state index contributed by atoms with van der Waals surface area (Å²) in [5, 5.41) is 15.0. The monoisotopic (exact) mass is 484 g/mol. The van der Waals surface area contributed by atoms with Gasteiger partial charge < -0.3 is 9.88 Å². The second-order valence-electron chi connectivity index (χ2n) is 8.61. The highest BCUT2D eigenvalue weighted by atomic mass is 19.4. The highest BCUT2D eigenvalue weighted by molar-refractivity contribution is 5.92. The third-order valence-electron chi connectivity index (χ3n) is 6.18. The molecule has 9 nitrogen and oxygen atoms in total. The zero-order chi connectivity index (χ0) is 24.7. The Bertz CT molecular complexity index is 1410. The fourth-order valence-electron chi connectivity index (χ4n) is 4.35. The molecule has 0 atom stereocenters.